The molecule has 1 aliphatic carbocycles. The lowest BCUT2D eigenvalue weighted by atomic mass is 10.1. The number of ether oxygens (including phenoxy) is 2. The number of para-hydroxylation sites is 1. The van der Waals surface area contributed by atoms with E-state index in [2.05, 4.69) is 10.3 Å². The summed E-state index contributed by atoms with van der Waals surface area (Å²) in [7, 11) is 0. The number of amides is 2. The van der Waals surface area contributed by atoms with Crippen molar-refractivity contribution in [2.24, 2.45) is 11.8 Å². The molecule has 2 fully saturated rings. The second kappa shape index (κ2) is 8.84. The molecular formula is C26H24ClN3O4S. The number of carbonyl (C=O) groups is 2. The number of carbonyl (C=O) groups excluding carboxylic acids is 2. The molecule has 3 heterocycles. The second-order valence-corrected chi connectivity index (χ2v) is 10.9. The maximum atomic E-state index is 13.7. The minimum atomic E-state index is -0.547. The molecule has 3 aliphatic rings. The van der Waals surface area contributed by atoms with E-state index in [9.17, 15) is 9.59 Å². The number of hydrogen-bond acceptors (Lipinski definition) is 6. The molecule has 7 nitrogen and oxygen atoms in total. The van der Waals surface area contributed by atoms with E-state index < -0.39 is 6.09 Å². The summed E-state index contributed by atoms with van der Waals surface area (Å²) >= 11 is 7.68. The van der Waals surface area contributed by atoms with Crippen molar-refractivity contribution < 1.29 is 19.1 Å². The van der Waals surface area contributed by atoms with Gasteiger partial charge in [0.05, 0.1) is 22.5 Å². The maximum absolute atomic E-state index is 13.7. The Kier molecular flexibility index (Phi) is 5.65. The lowest BCUT2D eigenvalue weighted by Crippen LogP contribution is -2.46. The largest absolute Gasteiger partial charge is 0.489 e. The number of aromatic nitrogens is 1. The molecule has 1 N–H and O–H groups in total. The predicted molar refractivity (Wildman–Crippen MR) is 133 cm³/mol. The average molecular weight is 510 g/mol. The zero-order valence-corrected chi connectivity index (χ0v) is 20.7. The fourth-order valence-corrected chi connectivity index (χ4v) is 6.29. The van der Waals surface area contributed by atoms with E-state index in [0.29, 0.717) is 53.7 Å². The van der Waals surface area contributed by atoms with E-state index in [4.69, 9.17) is 21.1 Å². The Morgan fingerprint density at radius 2 is 2.14 bits per heavy atom. The number of thiazole rings is 1. The first-order valence-corrected chi connectivity index (χ1v) is 12.9. The molecule has 1 aromatic heterocycles. The van der Waals surface area contributed by atoms with Crippen LogP contribution >= 0.6 is 22.9 Å². The van der Waals surface area contributed by atoms with E-state index in [1.54, 1.807) is 6.07 Å². The first kappa shape index (κ1) is 22.4. The minimum absolute atomic E-state index is 0.0907. The highest BCUT2D eigenvalue weighted by atomic mass is 35.5. The monoisotopic (exact) mass is 509 g/mol. The van der Waals surface area contributed by atoms with E-state index in [-0.39, 0.29) is 11.9 Å². The number of rotatable bonds is 5. The normalized spacial score (nSPS) is 21.8. The minimum Gasteiger partial charge on any atom is -0.489 e. The van der Waals surface area contributed by atoms with Crippen LogP contribution in [-0.2, 0) is 6.42 Å². The fraction of sp³-hybridized carbons (Fsp3) is 0.346. The topological polar surface area (TPSA) is 80.8 Å². The Morgan fingerprint density at radius 3 is 3.00 bits per heavy atom. The van der Waals surface area contributed by atoms with Crippen molar-refractivity contribution in [1.29, 1.82) is 0 Å². The number of piperidine rings is 1. The summed E-state index contributed by atoms with van der Waals surface area (Å²) in [6.45, 7) is 3.50. The molecule has 6 rings (SSSR count). The number of fused-ring (bicyclic) bond motifs is 2. The average Bonchev–Trinajstić information content (AvgIpc) is 3.16. The highest BCUT2D eigenvalue weighted by Gasteiger charge is 2.54. The van der Waals surface area contributed by atoms with Crippen LogP contribution in [0.1, 0.15) is 27.5 Å². The van der Waals surface area contributed by atoms with Gasteiger partial charge in [-0.3, -0.25) is 4.79 Å². The van der Waals surface area contributed by atoms with Crippen LogP contribution in [0, 0.1) is 18.8 Å². The SMILES string of the molecule is Cc1nc(C(=O)N2C[C@@H]3C[C@@H]3[C@H]2CNC(=O)Oc2cccc3c2OCC3)c(-c2cccc(Cl)c2)s1. The maximum Gasteiger partial charge on any atom is 0.412 e. The van der Waals surface area contributed by atoms with E-state index >= 15 is 0 Å². The lowest BCUT2D eigenvalue weighted by molar-refractivity contribution is 0.0700. The van der Waals surface area contributed by atoms with Crippen LogP contribution in [0.4, 0.5) is 4.79 Å². The summed E-state index contributed by atoms with van der Waals surface area (Å²) in [6, 6.07) is 12.9. The number of aryl methyl sites for hydroxylation is 1. The molecule has 0 spiro atoms. The van der Waals surface area contributed by atoms with Crippen molar-refractivity contribution in [3.05, 3.63) is 63.8 Å². The number of halogens is 1. The smallest absolute Gasteiger partial charge is 0.412 e. The molecule has 2 amide bonds. The summed E-state index contributed by atoms with van der Waals surface area (Å²) < 4.78 is 11.2. The quantitative estimate of drug-likeness (QED) is 0.526. The summed E-state index contributed by atoms with van der Waals surface area (Å²) in [5.41, 5.74) is 2.37. The van der Waals surface area contributed by atoms with Crippen LogP contribution in [0.15, 0.2) is 42.5 Å². The number of nitrogens with zero attached hydrogens (tertiary/aromatic N) is 2. The third-order valence-electron chi connectivity index (χ3n) is 6.92. The highest BCUT2D eigenvalue weighted by Crippen LogP contribution is 2.50. The Bertz CT molecular complexity index is 1330. The molecule has 2 aromatic carbocycles. The van der Waals surface area contributed by atoms with Crippen molar-refractivity contribution in [1.82, 2.24) is 15.2 Å². The molecule has 0 unspecified atom stereocenters. The van der Waals surface area contributed by atoms with Gasteiger partial charge >= 0.3 is 6.09 Å². The van der Waals surface area contributed by atoms with Gasteiger partial charge in [0.2, 0.25) is 0 Å². The summed E-state index contributed by atoms with van der Waals surface area (Å²) in [6.07, 6.45) is 1.33. The number of likely N-dealkylation sites (tertiary alicyclic amines) is 1. The Balaban J connectivity index is 1.17. The van der Waals surface area contributed by atoms with Crippen LogP contribution in [-0.4, -0.2) is 47.6 Å². The molecule has 35 heavy (non-hydrogen) atoms. The number of benzene rings is 2. The first-order valence-electron chi connectivity index (χ1n) is 11.7. The molecular weight excluding hydrogens is 486 g/mol. The van der Waals surface area contributed by atoms with Gasteiger partial charge in [-0.05, 0) is 48.9 Å². The Labute approximate surface area is 212 Å². The molecule has 3 aromatic rings. The van der Waals surface area contributed by atoms with Gasteiger partial charge < -0.3 is 19.7 Å². The van der Waals surface area contributed by atoms with Crippen molar-refractivity contribution in [3.63, 3.8) is 0 Å². The second-order valence-electron chi connectivity index (χ2n) is 9.22. The summed E-state index contributed by atoms with van der Waals surface area (Å²) in [5, 5.41) is 4.31. The van der Waals surface area contributed by atoms with Gasteiger partial charge in [0, 0.05) is 30.1 Å². The number of nitrogens with one attached hydrogen (secondary N) is 1. The van der Waals surface area contributed by atoms with Gasteiger partial charge in [-0.1, -0.05) is 35.9 Å². The highest BCUT2D eigenvalue weighted by molar-refractivity contribution is 7.15. The van der Waals surface area contributed by atoms with Crippen molar-refractivity contribution >= 4 is 34.9 Å². The van der Waals surface area contributed by atoms with Crippen molar-refractivity contribution in [3.8, 4) is 21.9 Å². The first-order chi connectivity index (χ1) is 17.0. The fourth-order valence-electron chi connectivity index (χ4n) is 5.19. The Morgan fingerprint density at radius 1 is 1.29 bits per heavy atom. The Hall–Kier alpha value is -3.10. The van der Waals surface area contributed by atoms with Crippen molar-refractivity contribution in [2.45, 2.75) is 25.8 Å². The molecule has 1 saturated carbocycles. The predicted octanol–water partition coefficient (Wildman–Crippen LogP) is 4.96. The van der Waals surface area contributed by atoms with Gasteiger partial charge in [0.1, 0.15) is 5.69 Å². The molecule has 180 valence electrons. The van der Waals surface area contributed by atoms with E-state index in [1.807, 2.05) is 48.2 Å². The van der Waals surface area contributed by atoms with Crippen LogP contribution < -0.4 is 14.8 Å². The molecule has 1 saturated heterocycles. The van der Waals surface area contributed by atoms with Gasteiger partial charge in [-0.15, -0.1) is 11.3 Å². The molecule has 0 bridgehead atoms. The third kappa shape index (κ3) is 4.25. The lowest BCUT2D eigenvalue weighted by Gasteiger charge is -2.27. The van der Waals surface area contributed by atoms with E-state index in [1.165, 1.54) is 11.3 Å². The number of hydrogen-bond donors (Lipinski definition) is 1. The van der Waals surface area contributed by atoms with Crippen molar-refractivity contribution in [2.75, 3.05) is 19.7 Å². The van der Waals surface area contributed by atoms with Crippen LogP contribution in [0.5, 0.6) is 11.5 Å². The van der Waals surface area contributed by atoms with Gasteiger partial charge in [-0.25, -0.2) is 9.78 Å². The van der Waals surface area contributed by atoms with Crippen LogP contribution in [0.3, 0.4) is 0 Å². The van der Waals surface area contributed by atoms with Gasteiger partial charge in [0.25, 0.3) is 5.91 Å². The molecule has 2 aliphatic heterocycles. The van der Waals surface area contributed by atoms with Gasteiger partial charge in [0.15, 0.2) is 11.5 Å². The third-order valence-corrected chi connectivity index (χ3v) is 8.18. The standard InChI is InChI=1S/C26H24ClN3O4S/c1-14-29-22(24(35-14)16-5-2-6-18(27)10-16)25(31)30-13-17-11-19(17)20(30)12-28-26(32)34-21-7-3-4-15-8-9-33-23(15)21/h2-7,10,17,19-20H,8-9,11-13H2,1H3,(H,28,32)/t17-,19-,20+/m0/s1. The molecule has 3 atom stereocenters. The summed E-state index contributed by atoms with van der Waals surface area (Å²) in [4.78, 5) is 33.5. The molecule has 0 radical (unpaired) electrons. The van der Waals surface area contributed by atoms with Crippen LogP contribution in [0.25, 0.3) is 10.4 Å². The molecule has 9 heteroatoms. The van der Waals surface area contributed by atoms with Gasteiger partial charge in [-0.2, -0.15) is 0 Å². The van der Waals surface area contributed by atoms with Crippen LogP contribution in [0.2, 0.25) is 5.02 Å². The summed E-state index contributed by atoms with van der Waals surface area (Å²) in [5.74, 6) is 1.81. The van der Waals surface area contributed by atoms with E-state index in [0.717, 1.165) is 33.9 Å². The zero-order chi connectivity index (χ0) is 24.1. The zero-order valence-electron chi connectivity index (χ0n) is 19.1.